The number of rotatable bonds is 1. The zero-order valence-corrected chi connectivity index (χ0v) is 7.48. The standard InChI is InChI=1S/C10H13N3/c1-2-9(5-11-3-1)13-7-8-4-12-6-10(8)13/h1-3,5,8,10,12H,4,6-7H2/t8-,10-/m0/s1. The highest BCUT2D eigenvalue weighted by molar-refractivity contribution is 5.49. The maximum absolute atomic E-state index is 4.14. The summed E-state index contributed by atoms with van der Waals surface area (Å²) in [6, 6.07) is 4.87. The Kier molecular flexibility index (Phi) is 1.52. The first-order valence-electron chi connectivity index (χ1n) is 4.82. The van der Waals surface area contributed by atoms with Gasteiger partial charge < -0.3 is 10.2 Å². The number of anilines is 1. The van der Waals surface area contributed by atoms with Gasteiger partial charge in [0.25, 0.3) is 0 Å². The molecule has 0 aliphatic carbocycles. The predicted molar refractivity (Wildman–Crippen MR) is 51.7 cm³/mol. The lowest BCUT2D eigenvalue weighted by Crippen LogP contribution is -2.55. The van der Waals surface area contributed by atoms with Crippen molar-refractivity contribution in [2.45, 2.75) is 6.04 Å². The van der Waals surface area contributed by atoms with E-state index in [9.17, 15) is 0 Å². The highest BCUT2D eigenvalue weighted by Gasteiger charge is 2.41. The molecule has 0 bridgehead atoms. The van der Waals surface area contributed by atoms with Crippen LogP contribution in [0, 0.1) is 5.92 Å². The topological polar surface area (TPSA) is 28.2 Å². The summed E-state index contributed by atoms with van der Waals surface area (Å²) in [5.41, 5.74) is 1.27. The quantitative estimate of drug-likeness (QED) is 0.673. The minimum absolute atomic E-state index is 0.726. The molecule has 3 nitrogen and oxygen atoms in total. The second-order valence-corrected chi connectivity index (χ2v) is 3.85. The summed E-state index contributed by atoms with van der Waals surface area (Å²) in [5.74, 6) is 0.875. The molecule has 68 valence electrons. The van der Waals surface area contributed by atoms with E-state index in [2.05, 4.69) is 21.3 Å². The third-order valence-electron chi connectivity index (χ3n) is 3.11. The van der Waals surface area contributed by atoms with Crippen LogP contribution >= 0.6 is 0 Å². The van der Waals surface area contributed by atoms with Crippen LogP contribution in [0.5, 0.6) is 0 Å². The molecular weight excluding hydrogens is 162 g/mol. The number of fused-ring (bicyclic) bond motifs is 1. The van der Waals surface area contributed by atoms with Crippen molar-refractivity contribution in [3.05, 3.63) is 24.5 Å². The number of hydrogen-bond acceptors (Lipinski definition) is 3. The summed E-state index contributed by atoms with van der Waals surface area (Å²) in [7, 11) is 0. The molecule has 0 saturated carbocycles. The molecule has 0 spiro atoms. The summed E-state index contributed by atoms with van der Waals surface area (Å²) >= 11 is 0. The molecule has 13 heavy (non-hydrogen) atoms. The summed E-state index contributed by atoms with van der Waals surface area (Å²) in [4.78, 5) is 6.58. The maximum atomic E-state index is 4.14. The summed E-state index contributed by atoms with van der Waals surface area (Å²) < 4.78 is 0. The fourth-order valence-corrected chi connectivity index (χ4v) is 2.34. The van der Waals surface area contributed by atoms with Gasteiger partial charge in [0.15, 0.2) is 0 Å². The molecule has 3 heteroatoms. The van der Waals surface area contributed by atoms with Gasteiger partial charge >= 0.3 is 0 Å². The van der Waals surface area contributed by atoms with Gasteiger partial charge in [0.2, 0.25) is 0 Å². The monoisotopic (exact) mass is 175 g/mol. The summed E-state index contributed by atoms with van der Waals surface area (Å²) in [6.07, 6.45) is 3.78. The number of pyridine rings is 1. The zero-order chi connectivity index (χ0) is 8.67. The van der Waals surface area contributed by atoms with Crippen LogP contribution in [-0.4, -0.2) is 30.7 Å². The molecule has 1 aromatic rings. The lowest BCUT2D eigenvalue weighted by atomic mass is 9.91. The maximum Gasteiger partial charge on any atom is 0.0555 e. The normalized spacial score (nSPS) is 31.2. The van der Waals surface area contributed by atoms with Crippen LogP contribution in [-0.2, 0) is 0 Å². The molecule has 3 rings (SSSR count). The van der Waals surface area contributed by atoms with Crippen LogP contribution in [0.25, 0.3) is 0 Å². The Morgan fingerprint density at radius 1 is 1.46 bits per heavy atom. The van der Waals surface area contributed by atoms with Gasteiger partial charge in [-0.2, -0.15) is 0 Å². The second-order valence-electron chi connectivity index (χ2n) is 3.85. The van der Waals surface area contributed by atoms with E-state index in [1.807, 2.05) is 18.5 Å². The van der Waals surface area contributed by atoms with E-state index < -0.39 is 0 Å². The van der Waals surface area contributed by atoms with Crippen LogP contribution in [0.3, 0.4) is 0 Å². The van der Waals surface area contributed by atoms with Gasteiger partial charge in [-0.25, -0.2) is 0 Å². The smallest absolute Gasteiger partial charge is 0.0555 e. The van der Waals surface area contributed by atoms with Crippen molar-refractivity contribution in [1.29, 1.82) is 0 Å². The molecule has 2 fully saturated rings. The predicted octanol–water partition coefficient (Wildman–Crippen LogP) is 0.490. The Morgan fingerprint density at radius 3 is 3.23 bits per heavy atom. The molecule has 0 amide bonds. The van der Waals surface area contributed by atoms with E-state index in [1.165, 1.54) is 18.8 Å². The van der Waals surface area contributed by atoms with E-state index >= 15 is 0 Å². The van der Waals surface area contributed by atoms with Crippen molar-refractivity contribution in [2.75, 3.05) is 24.5 Å². The van der Waals surface area contributed by atoms with Gasteiger partial charge in [-0.15, -0.1) is 0 Å². The lowest BCUT2D eigenvalue weighted by Gasteiger charge is -2.45. The Morgan fingerprint density at radius 2 is 2.46 bits per heavy atom. The van der Waals surface area contributed by atoms with Crippen LogP contribution in [0.1, 0.15) is 0 Å². The SMILES string of the molecule is c1cncc(N2C[C@@H]3CNC[C@@H]32)c1. The highest BCUT2D eigenvalue weighted by atomic mass is 15.3. The van der Waals surface area contributed by atoms with Crippen molar-refractivity contribution >= 4 is 5.69 Å². The van der Waals surface area contributed by atoms with E-state index in [4.69, 9.17) is 0 Å². The van der Waals surface area contributed by atoms with Crippen LogP contribution < -0.4 is 10.2 Å². The van der Waals surface area contributed by atoms with Gasteiger partial charge in [-0.1, -0.05) is 0 Å². The molecule has 2 saturated heterocycles. The Balaban J connectivity index is 1.81. The molecule has 0 unspecified atom stereocenters. The molecule has 3 heterocycles. The van der Waals surface area contributed by atoms with Crippen molar-refractivity contribution in [3.8, 4) is 0 Å². The molecular formula is C10H13N3. The number of nitrogens with zero attached hydrogens (tertiary/aromatic N) is 2. The third-order valence-corrected chi connectivity index (χ3v) is 3.11. The average molecular weight is 175 g/mol. The minimum atomic E-state index is 0.726. The first kappa shape index (κ1) is 7.33. The number of nitrogens with one attached hydrogen (secondary N) is 1. The summed E-state index contributed by atoms with van der Waals surface area (Å²) in [5, 5.41) is 3.42. The fourth-order valence-electron chi connectivity index (χ4n) is 2.34. The van der Waals surface area contributed by atoms with Gasteiger partial charge in [0.1, 0.15) is 0 Å². The molecule has 2 aliphatic heterocycles. The van der Waals surface area contributed by atoms with E-state index in [-0.39, 0.29) is 0 Å². The minimum Gasteiger partial charge on any atom is -0.365 e. The average Bonchev–Trinajstić information content (AvgIpc) is 2.50. The van der Waals surface area contributed by atoms with Gasteiger partial charge in [0.05, 0.1) is 11.9 Å². The van der Waals surface area contributed by atoms with Crippen molar-refractivity contribution in [1.82, 2.24) is 10.3 Å². The molecule has 0 radical (unpaired) electrons. The Hall–Kier alpha value is -1.09. The molecule has 1 N–H and O–H groups in total. The zero-order valence-electron chi connectivity index (χ0n) is 7.48. The van der Waals surface area contributed by atoms with E-state index in [1.54, 1.807) is 0 Å². The molecule has 2 atom stereocenters. The Labute approximate surface area is 77.8 Å². The Bertz CT molecular complexity index is 298. The number of aromatic nitrogens is 1. The highest BCUT2D eigenvalue weighted by Crippen LogP contribution is 2.32. The van der Waals surface area contributed by atoms with Crippen molar-refractivity contribution in [3.63, 3.8) is 0 Å². The second kappa shape index (κ2) is 2.70. The van der Waals surface area contributed by atoms with Gasteiger partial charge in [0, 0.05) is 37.8 Å². The summed E-state index contributed by atoms with van der Waals surface area (Å²) in [6.45, 7) is 3.53. The van der Waals surface area contributed by atoms with Gasteiger partial charge in [-0.05, 0) is 12.1 Å². The molecule has 0 aromatic carbocycles. The van der Waals surface area contributed by atoms with E-state index in [0.29, 0.717) is 0 Å². The van der Waals surface area contributed by atoms with Crippen LogP contribution in [0.4, 0.5) is 5.69 Å². The molecule has 1 aromatic heterocycles. The van der Waals surface area contributed by atoms with Crippen molar-refractivity contribution < 1.29 is 0 Å². The van der Waals surface area contributed by atoms with Crippen molar-refractivity contribution in [2.24, 2.45) is 5.92 Å². The van der Waals surface area contributed by atoms with Crippen LogP contribution in [0.2, 0.25) is 0 Å². The van der Waals surface area contributed by atoms with Crippen LogP contribution in [0.15, 0.2) is 24.5 Å². The van der Waals surface area contributed by atoms with E-state index in [0.717, 1.165) is 18.5 Å². The lowest BCUT2D eigenvalue weighted by molar-refractivity contribution is 0.365. The first-order chi connectivity index (χ1) is 6.45. The first-order valence-corrected chi connectivity index (χ1v) is 4.82. The fraction of sp³-hybridized carbons (Fsp3) is 0.500. The molecule has 2 aliphatic rings. The van der Waals surface area contributed by atoms with Gasteiger partial charge in [-0.3, -0.25) is 4.98 Å². The third kappa shape index (κ3) is 1.04. The number of hydrogen-bond donors (Lipinski definition) is 1. The largest absolute Gasteiger partial charge is 0.365 e.